The molecule has 0 bridgehead atoms. The highest BCUT2D eigenvalue weighted by atomic mass is 32.1. The fraction of sp³-hybridized carbons (Fsp3) is 0.200. The summed E-state index contributed by atoms with van der Waals surface area (Å²) in [7, 11) is 0. The third-order valence-electron chi connectivity index (χ3n) is 5.85. The fourth-order valence-electron chi connectivity index (χ4n) is 3.95. The Morgan fingerprint density at radius 2 is 1.75 bits per heavy atom. The molecule has 1 aliphatic heterocycles. The number of ether oxygens (including phenoxy) is 2. The molecule has 0 radical (unpaired) electrons. The van der Waals surface area contributed by atoms with Gasteiger partial charge in [0.2, 0.25) is 0 Å². The average molecular weight is 557 g/mol. The first-order chi connectivity index (χ1) is 19.1. The van der Waals surface area contributed by atoms with Crippen LogP contribution >= 0.6 is 11.3 Å². The van der Waals surface area contributed by atoms with Gasteiger partial charge in [0.1, 0.15) is 16.4 Å². The fourth-order valence-corrected chi connectivity index (χ4v) is 4.81. The van der Waals surface area contributed by atoms with Crippen molar-refractivity contribution in [3.05, 3.63) is 94.5 Å². The van der Waals surface area contributed by atoms with E-state index in [9.17, 15) is 14.4 Å². The quantitative estimate of drug-likeness (QED) is 0.263. The summed E-state index contributed by atoms with van der Waals surface area (Å²) in [6.07, 6.45) is 1.28. The number of nitrogens with zero attached hydrogens (tertiary/aromatic N) is 1. The molecule has 1 aliphatic rings. The molecule has 3 aromatic carbocycles. The van der Waals surface area contributed by atoms with Gasteiger partial charge in [0.15, 0.2) is 5.75 Å². The number of thiazole rings is 1. The highest BCUT2D eigenvalue weighted by Gasteiger charge is 2.21. The van der Waals surface area contributed by atoms with Crippen LogP contribution in [-0.2, 0) is 17.8 Å². The average Bonchev–Trinajstić information content (AvgIpc) is 3.34. The number of carbonyl (C=O) groups excluding carboxylic acids is 3. The van der Waals surface area contributed by atoms with Crippen molar-refractivity contribution in [2.24, 2.45) is 0 Å². The van der Waals surface area contributed by atoms with Crippen molar-refractivity contribution in [1.82, 2.24) is 15.6 Å². The molecule has 0 atom stereocenters. The van der Waals surface area contributed by atoms with Crippen molar-refractivity contribution in [3.8, 4) is 22.1 Å². The van der Waals surface area contributed by atoms with E-state index in [0.717, 1.165) is 21.0 Å². The molecule has 0 fully saturated rings. The molecule has 9 nitrogen and oxygen atoms in total. The second-order valence-electron chi connectivity index (χ2n) is 10.1. The summed E-state index contributed by atoms with van der Waals surface area (Å²) in [5.74, 6) is 0.352. The lowest BCUT2D eigenvalue weighted by molar-refractivity contribution is 0.0523. The van der Waals surface area contributed by atoms with Crippen LogP contribution in [0.2, 0.25) is 0 Å². The van der Waals surface area contributed by atoms with Gasteiger partial charge in [-0.15, -0.1) is 11.3 Å². The predicted octanol–water partition coefficient (Wildman–Crippen LogP) is 6.12. The van der Waals surface area contributed by atoms with Gasteiger partial charge in [0, 0.05) is 28.7 Å². The minimum absolute atomic E-state index is 0.282. The lowest BCUT2D eigenvalue weighted by Gasteiger charge is -2.19. The zero-order chi connectivity index (χ0) is 28.3. The minimum Gasteiger partial charge on any atom is -0.454 e. The Kier molecular flexibility index (Phi) is 7.52. The van der Waals surface area contributed by atoms with Crippen LogP contribution < -0.4 is 20.7 Å². The molecule has 10 heteroatoms. The van der Waals surface area contributed by atoms with E-state index < -0.39 is 11.7 Å². The molecule has 1 aromatic heterocycles. The Morgan fingerprint density at radius 3 is 2.52 bits per heavy atom. The second kappa shape index (κ2) is 11.2. The lowest BCUT2D eigenvalue weighted by atomic mass is 10.1. The molecule has 3 amide bonds. The summed E-state index contributed by atoms with van der Waals surface area (Å²) in [5.41, 5.74) is 2.58. The molecule has 204 valence electrons. The number of nitrogens with one attached hydrogen (secondary N) is 3. The molecule has 0 spiro atoms. The molecule has 0 saturated heterocycles. The van der Waals surface area contributed by atoms with E-state index in [1.165, 1.54) is 11.3 Å². The molecule has 3 N–H and O–H groups in total. The van der Waals surface area contributed by atoms with Gasteiger partial charge in [-0.25, -0.2) is 9.78 Å². The van der Waals surface area contributed by atoms with Gasteiger partial charge < -0.3 is 25.4 Å². The molecule has 5 rings (SSSR count). The van der Waals surface area contributed by atoms with Crippen LogP contribution in [0.3, 0.4) is 0 Å². The molecule has 0 saturated carbocycles. The molecule has 0 aliphatic carbocycles. The first kappa shape index (κ1) is 26.9. The van der Waals surface area contributed by atoms with Gasteiger partial charge in [-0.1, -0.05) is 36.4 Å². The number of hydrogen-bond acceptors (Lipinski definition) is 7. The zero-order valence-electron chi connectivity index (χ0n) is 22.2. The molecular weight excluding hydrogens is 528 g/mol. The number of alkyl carbamates (subject to hydrolysis) is 1. The van der Waals surface area contributed by atoms with Gasteiger partial charge in [-0.05, 0) is 56.7 Å². The molecule has 4 aromatic rings. The number of fused-ring (bicyclic) bond motifs is 2. The van der Waals surface area contributed by atoms with E-state index in [1.807, 2.05) is 45.0 Å². The van der Waals surface area contributed by atoms with Crippen molar-refractivity contribution < 1.29 is 23.9 Å². The maximum Gasteiger partial charge on any atom is 0.407 e. The van der Waals surface area contributed by atoms with Crippen LogP contribution in [0.15, 0.2) is 72.9 Å². The summed E-state index contributed by atoms with van der Waals surface area (Å²) in [6, 6.07) is 19.6. The van der Waals surface area contributed by atoms with Gasteiger partial charge in [0.05, 0.1) is 17.8 Å². The van der Waals surface area contributed by atoms with Gasteiger partial charge >= 0.3 is 6.09 Å². The van der Waals surface area contributed by atoms with Crippen molar-refractivity contribution in [2.45, 2.75) is 39.5 Å². The standard InChI is InChI=1S/C30H28N4O5S/c1-30(2,3)39-29(37)33-15-18-8-10-19(11-9-18)28-32-17-21(40-28)16-31-26(35)20-12-13-25-23(14-20)34-27(36)22-6-4-5-7-24(22)38-25/h4-14,17H,15-16H2,1-3H3,(H,31,35)(H,33,37)(H,34,36). The Bertz CT molecular complexity index is 1570. The number of hydrogen-bond donors (Lipinski definition) is 3. The van der Waals surface area contributed by atoms with E-state index >= 15 is 0 Å². The first-order valence-corrected chi connectivity index (χ1v) is 13.5. The van der Waals surface area contributed by atoms with Crippen LogP contribution in [0.5, 0.6) is 11.5 Å². The highest BCUT2D eigenvalue weighted by Crippen LogP contribution is 2.36. The molecule has 40 heavy (non-hydrogen) atoms. The Labute approximate surface area is 235 Å². The molecular formula is C30H28N4O5S. The largest absolute Gasteiger partial charge is 0.454 e. The van der Waals surface area contributed by atoms with E-state index in [1.54, 1.807) is 48.7 Å². The monoisotopic (exact) mass is 556 g/mol. The van der Waals surface area contributed by atoms with Crippen molar-refractivity contribution >= 4 is 34.9 Å². The number of aromatic nitrogens is 1. The normalized spacial score (nSPS) is 12.2. The van der Waals surface area contributed by atoms with Crippen LogP contribution in [-0.4, -0.2) is 28.5 Å². The van der Waals surface area contributed by atoms with Crippen LogP contribution in [0.4, 0.5) is 10.5 Å². The van der Waals surface area contributed by atoms with Gasteiger partial charge in [-0.3, -0.25) is 9.59 Å². The van der Waals surface area contributed by atoms with Gasteiger partial charge in [-0.2, -0.15) is 0 Å². The van der Waals surface area contributed by atoms with Crippen LogP contribution in [0.1, 0.15) is 51.9 Å². The highest BCUT2D eigenvalue weighted by molar-refractivity contribution is 7.15. The van der Waals surface area contributed by atoms with Crippen molar-refractivity contribution in [1.29, 1.82) is 0 Å². The second-order valence-corrected chi connectivity index (χ2v) is 11.2. The summed E-state index contributed by atoms with van der Waals surface area (Å²) >= 11 is 1.48. The summed E-state index contributed by atoms with van der Waals surface area (Å²) in [4.78, 5) is 42.7. The summed E-state index contributed by atoms with van der Waals surface area (Å²) in [6.45, 7) is 6.12. The van der Waals surface area contributed by atoms with Crippen LogP contribution in [0.25, 0.3) is 10.6 Å². The number of carbonyl (C=O) groups is 3. The number of para-hydroxylation sites is 1. The Hall–Kier alpha value is -4.70. The SMILES string of the molecule is CC(C)(C)OC(=O)NCc1ccc(-c2ncc(CNC(=O)c3ccc4c(c3)NC(=O)c3ccccc3O4)s2)cc1. The molecule has 2 heterocycles. The van der Waals surface area contributed by atoms with Crippen LogP contribution in [0, 0.1) is 0 Å². The third kappa shape index (κ3) is 6.47. The summed E-state index contributed by atoms with van der Waals surface area (Å²) < 4.78 is 11.1. The molecule has 0 unspecified atom stereocenters. The predicted molar refractivity (Wildman–Crippen MR) is 153 cm³/mol. The number of amides is 3. The zero-order valence-corrected chi connectivity index (χ0v) is 23.1. The first-order valence-electron chi connectivity index (χ1n) is 12.7. The maximum absolute atomic E-state index is 12.9. The van der Waals surface area contributed by atoms with Gasteiger partial charge in [0.25, 0.3) is 11.8 Å². The third-order valence-corrected chi connectivity index (χ3v) is 6.90. The number of anilines is 1. The van der Waals surface area contributed by atoms with E-state index in [0.29, 0.717) is 41.4 Å². The van der Waals surface area contributed by atoms with E-state index in [-0.39, 0.29) is 11.8 Å². The Morgan fingerprint density at radius 1 is 0.975 bits per heavy atom. The minimum atomic E-state index is -0.546. The van der Waals surface area contributed by atoms with Crippen molar-refractivity contribution in [2.75, 3.05) is 5.32 Å². The van der Waals surface area contributed by atoms with E-state index in [2.05, 4.69) is 20.9 Å². The Balaban J connectivity index is 1.17. The lowest BCUT2D eigenvalue weighted by Crippen LogP contribution is -2.32. The smallest absolute Gasteiger partial charge is 0.407 e. The van der Waals surface area contributed by atoms with Crippen molar-refractivity contribution in [3.63, 3.8) is 0 Å². The topological polar surface area (TPSA) is 119 Å². The number of benzene rings is 3. The summed E-state index contributed by atoms with van der Waals surface area (Å²) in [5, 5.41) is 9.29. The van der Waals surface area contributed by atoms with E-state index in [4.69, 9.17) is 9.47 Å². The maximum atomic E-state index is 12.9. The number of rotatable bonds is 6.